The minimum Gasteiger partial charge on any atom is -0.462 e. The summed E-state index contributed by atoms with van der Waals surface area (Å²) in [6.07, 6.45) is 30.3. The van der Waals surface area contributed by atoms with Crippen molar-refractivity contribution in [2.75, 3.05) is 42.3 Å². The Morgan fingerprint density at radius 3 is 0.679 bits per heavy atom. The topological polar surface area (TPSA) is 177 Å². The molecule has 0 aromatic heterocycles. The lowest BCUT2D eigenvalue weighted by Crippen LogP contribution is -2.47. The first-order valence-corrected chi connectivity index (χ1v) is 33.5. The molecule has 0 radical (unpaired) electrons. The van der Waals surface area contributed by atoms with Gasteiger partial charge in [0.1, 0.15) is 36.6 Å². The Morgan fingerprint density at radius 1 is 0.262 bits per heavy atom. The van der Waals surface area contributed by atoms with Crippen molar-refractivity contribution in [3.63, 3.8) is 0 Å². The number of ether oxygens (including phenoxy) is 6. The van der Waals surface area contributed by atoms with E-state index in [0.29, 0.717) is 78.9 Å². The van der Waals surface area contributed by atoms with Gasteiger partial charge in [-0.05, 0) is 203 Å². The molecule has 2 saturated carbocycles. The first kappa shape index (κ1) is 60.4. The summed E-state index contributed by atoms with van der Waals surface area (Å²) < 4.78 is 34.6. The van der Waals surface area contributed by atoms with E-state index in [9.17, 15) is 28.8 Å². The maximum absolute atomic E-state index is 12.9. The highest BCUT2D eigenvalue weighted by Crippen LogP contribution is 2.44. The molecule has 14 rings (SSSR count). The summed E-state index contributed by atoms with van der Waals surface area (Å²) in [6, 6.07) is 6.51. The van der Waals surface area contributed by atoms with Crippen LogP contribution in [0.2, 0.25) is 0 Å². The van der Waals surface area contributed by atoms with Crippen LogP contribution >= 0.6 is 0 Å². The van der Waals surface area contributed by atoms with Gasteiger partial charge >= 0.3 is 35.8 Å². The number of carbonyl (C=O) groups excluding carboxylic acids is 6. The fourth-order valence-electron chi connectivity index (χ4n) is 18.9. The number of hydrogen-bond donors (Lipinski definition) is 0. The highest BCUT2D eigenvalue weighted by molar-refractivity contribution is 5.98. The van der Waals surface area contributed by atoms with Crippen molar-refractivity contribution in [1.29, 1.82) is 0 Å². The molecular weight excluding hydrogens is 1070 g/mol. The van der Waals surface area contributed by atoms with E-state index >= 15 is 0 Å². The highest BCUT2D eigenvalue weighted by atomic mass is 16.6. The van der Waals surface area contributed by atoms with E-state index in [2.05, 4.69) is 83.5 Å². The predicted molar refractivity (Wildman–Crippen MR) is 312 cm³/mol. The van der Waals surface area contributed by atoms with Gasteiger partial charge < -0.3 is 57.8 Å². The molecule has 2 aliphatic carbocycles. The van der Waals surface area contributed by atoms with Gasteiger partial charge in [0.15, 0.2) is 0 Å². The molecule has 12 saturated heterocycles. The van der Waals surface area contributed by atoms with Crippen LogP contribution in [0.1, 0.15) is 193 Å². The van der Waals surface area contributed by atoms with Crippen LogP contribution in [0, 0.1) is 35.5 Å². The van der Waals surface area contributed by atoms with Crippen molar-refractivity contribution >= 4 is 35.8 Å². The van der Waals surface area contributed by atoms with Crippen LogP contribution in [0.3, 0.4) is 0 Å². The molecule has 12 bridgehead atoms. The summed E-state index contributed by atoms with van der Waals surface area (Å²) in [5.41, 5.74) is 0. The summed E-state index contributed by atoms with van der Waals surface area (Å²) in [4.78, 5) is 89.7. The standard InChI is InChI=1S/C24H38N2O4.C22H34N2O4.C20H28N2O4/c1-25-17-6-7-18(25)12-21(11-17)29-23(27)15-4-3-5-16(10-15)24(28)30-22-13-19-8-9-20(14-22)26(19)2;1-23-13-3-4-14(23)10-17(9-13)27-21(25)19-7-8-20(19)22(26)28-18-11-15-5-6-16(12-18)24(15)2;1-21-13-3-4-14(21)10-17(9-13)25-19(23)7-8-20(24)26-18-11-15-5-6-16(12-18)22(15)2/h15-22H,3-14H2,1-2H3;13-20H,3-12H2,1-2H3;13-18H,3-6,9-12H2,1-2H3/t15?,16?,17-,18+,19-,20+,21?,22?;13-,14+,15-,16+,17?,18?,19?,20?;13-,14+,15-,16+,17?,18?. The fraction of sp³-hybridized carbons (Fsp3) is 0.879. The van der Waals surface area contributed by atoms with Crippen molar-refractivity contribution in [2.45, 2.75) is 302 Å². The Bertz CT molecular complexity index is 2230. The van der Waals surface area contributed by atoms with Gasteiger partial charge in [-0.3, -0.25) is 19.2 Å². The summed E-state index contributed by atoms with van der Waals surface area (Å²) in [5.74, 6) is 2.11. The van der Waals surface area contributed by atoms with E-state index in [1.807, 2.05) is 0 Å². The maximum atomic E-state index is 12.9. The second-order valence-electron chi connectivity index (χ2n) is 29.0. The van der Waals surface area contributed by atoms with Gasteiger partial charge in [-0.15, -0.1) is 0 Å². The Kier molecular flexibility index (Phi) is 18.8. The van der Waals surface area contributed by atoms with Crippen molar-refractivity contribution in [3.8, 4) is 11.8 Å². The summed E-state index contributed by atoms with van der Waals surface area (Å²) >= 11 is 0. The minimum atomic E-state index is -0.612. The third-order valence-electron chi connectivity index (χ3n) is 24.5. The number of esters is 6. The zero-order valence-corrected chi connectivity index (χ0v) is 51.5. The Labute approximate surface area is 500 Å². The van der Waals surface area contributed by atoms with E-state index in [-0.39, 0.29) is 84.2 Å². The summed E-state index contributed by atoms with van der Waals surface area (Å²) in [5, 5.41) is 0. The van der Waals surface area contributed by atoms with Crippen molar-refractivity contribution in [3.05, 3.63) is 0 Å². The molecule has 14 fully saturated rings. The Balaban J connectivity index is 0.000000124. The van der Waals surface area contributed by atoms with Gasteiger partial charge in [-0.1, -0.05) is 6.42 Å². The molecule has 22 atom stereocenters. The zero-order valence-electron chi connectivity index (χ0n) is 51.5. The molecule has 0 N–H and O–H groups in total. The molecule has 12 heterocycles. The van der Waals surface area contributed by atoms with Gasteiger partial charge in [-0.25, -0.2) is 9.59 Å². The lowest BCUT2D eigenvalue weighted by atomic mass is 9.73. The molecule has 18 nitrogen and oxygen atoms in total. The number of piperidine rings is 6. The van der Waals surface area contributed by atoms with Gasteiger partial charge in [0, 0.05) is 110 Å². The molecule has 0 amide bonds. The van der Waals surface area contributed by atoms with E-state index in [1.54, 1.807) is 0 Å². The van der Waals surface area contributed by atoms with E-state index in [4.69, 9.17) is 28.4 Å². The van der Waals surface area contributed by atoms with Crippen LogP contribution in [-0.2, 0) is 57.2 Å². The quantitative estimate of drug-likeness (QED) is 0.0964. The number of nitrogens with zero attached hydrogens (tertiary/aromatic N) is 6. The van der Waals surface area contributed by atoms with Gasteiger partial charge in [0.25, 0.3) is 0 Å². The SMILES string of the molecule is CN1[C@@H]2CC[C@H]1CC(OC(=O)C#CC(=O)OC1C[C@H]3CC[C@@H](C1)N3C)C2.CN1[C@@H]2CC[C@H]1CC(OC(=O)C1CCC1C(=O)OC1C[C@H]3CC[C@@H](C1)N3C)C2.CN1[C@@H]2CC[C@H]1CC(OC(=O)C1CCCC(C(=O)OC3C[C@H]4CC[C@@H](C3)N4C)C1)C2. The monoisotopic (exact) mass is 1170 g/mol. The predicted octanol–water partition coefficient (Wildman–Crippen LogP) is 6.81. The molecule has 10 unspecified atom stereocenters. The molecule has 14 aliphatic rings. The lowest BCUT2D eigenvalue weighted by Gasteiger charge is -2.40. The van der Waals surface area contributed by atoms with Crippen LogP contribution in [0.25, 0.3) is 0 Å². The Hall–Kier alpha value is -3.86. The molecule has 0 spiro atoms. The highest BCUT2D eigenvalue weighted by Gasteiger charge is 2.49. The molecular formula is C66H100N6O12. The number of hydrogen-bond acceptors (Lipinski definition) is 18. The van der Waals surface area contributed by atoms with Gasteiger partial charge in [-0.2, -0.15) is 0 Å². The van der Waals surface area contributed by atoms with Crippen molar-refractivity contribution in [1.82, 2.24) is 29.4 Å². The third kappa shape index (κ3) is 13.4. The molecule has 84 heavy (non-hydrogen) atoms. The minimum absolute atomic E-state index is 0.0305. The van der Waals surface area contributed by atoms with Crippen LogP contribution < -0.4 is 0 Å². The lowest BCUT2D eigenvalue weighted by molar-refractivity contribution is -0.176. The molecule has 0 aromatic rings. The van der Waals surface area contributed by atoms with Crippen LogP contribution in [0.5, 0.6) is 0 Å². The third-order valence-corrected chi connectivity index (χ3v) is 24.5. The van der Waals surface area contributed by atoms with Gasteiger partial charge in [0.05, 0.1) is 23.7 Å². The molecule has 0 aromatic carbocycles. The smallest absolute Gasteiger partial charge is 0.385 e. The average Bonchev–Trinajstić information content (AvgIpc) is 4.21. The van der Waals surface area contributed by atoms with Crippen LogP contribution in [0.15, 0.2) is 0 Å². The zero-order chi connectivity index (χ0) is 58.5. The average molecular weight is 1170 g/mol. The largest absolute Gasteiger partial charge is 0.462 e. The summed E-state index contributed by atoms with van der Waals surface area (Å²) in [6.45, 7) is 0. The Morgan fingerprint density at radius 2 is 0.464 bits per heavy atom. The normalized spacial score (nSPS) is 43.0. The molecule has 12 aliphatic heterocycles. The van der Waals surface area contributed by atoms with E-state index in [0.717, 1.165) is 109 Å². The van der Waals surface area contributed by atoms with Crippen molar-refractivity contribution in [2.24, 2.45) is 23.7 Å². The van der Waals surface area contributed by atoms with Crippen LogP contribution in [-0.4, -0.2) is 217 Å². The fourth-order valence-corrected chi connectivity index (χ4v) is 18.9. The molecule has 466 valence electrons. The van der Waals surface area contributed by atoms with Crippen LogP contribution in [0.4, 0.5) is 0 Å². The second kappa shape index (κ2) is 26.1. The summed E-state index contributed by atoms with van der Waals surface area (Å²) in [7, 11) is 13.1. The van der Waals surface area contributed by atoms with E-state index in [1.165, 1.54) is 77.0 Å². The number of carbonyl (C=O) groups is 6. The maximum Gasteiger partial charge on any atom is 0.385 e. The van der Waals surface area contributed by atoms with Crippen molar-refractivity contribution < 1.29 is 57.2 Å². The van der Waals surface area contributed by atoms with Gasteiger partial charge in [0.2, 0.25) is 0 Å². The number of fused-ring (bicyclic) bond motifs is 12. The number of rotatable bonds is 10. The first-order valence-electron chi connectivity index (χ1n) is 33.5. The second-order valence-corrected chi connectivity index (χ2v) is 29.0. The first-order chi connectivity index (χ1) is 40.5. The van der Waals surface area contributed by atoms with E-state index < -0.39 is 11.9 Å². The molecule has 18 heteroatoms.